The zero-order chi connectivity index (χ0) is 18.6. The van der Waals surface area contributed by atoms with Crippen LogP contribution in [0, 0.1) is 0 Å². The van der Waals surface area contributed by atoms with Crippen LogP contribution in [0.2, 0.25) is 0 Å². The smallest absolute Gasteiger partial charge is 0.204 e. The summed E-state index contributed by atoms with van der Waals surface area (Å²) in [6.07, 6.45) is 13.9. The minimum absolute atomic E-state index is 0.0394. The normalized spacial score (nSPS) is 14.6. The first kappa shape index (κ1) is 23.1. The maximum atomic E-state index is 5.60. The third-order valence-electron chi connectivity index (χ3n) is 2.65. The molecule has 0 aliphatic carbocycles. The second-order valence-electron chi connectivity index (χ2n) is 4.78. The zero-order valence-corrected chi connectivity index (χ0v) is 15.8. The Labute approximate surface area is 151 Å². The van der Waals surface area contributed by atoms with Crippen molar-refractivity contribution in [3.05, 3.63) is 49.4 Å². The Morgan fingerprint density at radius 3 is 1.36 bits per heavy atom. The first-order valence-electron chi connectivity index (χ1n) is 8.50. The molecule has 144 valence electrons. The second kappa shape index (κ2) is 18.4. The number of ether oxygens (including phenoxy) is 6. The van der Waals surface area contributed by atoms with Gasteiger partial charge in [-0.2, -0.15) is 0 Å². The van der Waals surface area contributed by atoms with E-state index in [1.807, 2.05) is 39.8 Å². The van der Waals surface area contributed by atoms with Gasteiger partial charge in [0.25, 0.3) is 0 Å². The van der Waals surface area contributed by atoms with Crippen molar-refractivity contribution in [2.24, 2.45) is 0 Å². The first-order chi connectivity index (χ1) is 12.3. The van der Waals surface area contributed by atoms with Gasteiger partial charge < -0.3 is 28.4 Å². The highest BCUT2D eigenvalue weighted by molar-refractivity contribution is 4.69. The van der Waals surface area contributed by atoms with Crippen LogP contribution < -0.4 is 0 Å². The van der Waals surface area contributed by atoms with E-state index in [0.29, 0.717) is 26.1 Å². The molecular formula is C19H32O6. The quantitative estimate of drug-likeness (QED) is 0.229. The Bertz CT molecular complexity index is 353. The van der Waals surface area contributed by atoms with Crippen molar-refractivity contribution < 1.29 is 28.4 Å². The van der Waals surface area contributed by atoms with E-state index in [9.17, 15) is 0 Å². The molecule has 0 aromatic heterocycles. The van der Waals surface area contributed by atoms with E-state index in [0.717, 1.165) is 0 Å². The molecule has 0 spiro atoms. The Morgan fingerprint density at radius 1 is 0.600 bits per heavy atom. The molecule has 2 unspecified atom stereocenters. The number of hydrogen-bond acceptors (Lipinski definition) is 6. The molecule has 0 aliphatic rings. The molecule has 25 heavy (non-hydrogen) atoms. The van der Waals surface area contributed by atoms with E-state index in [2.05, 4.69) is 0 Å². The monoisotopic (exact) mass is 356 g/mol. The summed E-state index contributed by atoms with van der Waals surface area (Å²) in [5, 5.41) is 0. The van der Waals surface area contributed by atoms with Crippen LogP contribution in [0.5, 0.6) is 0 Å². The summed E-state index contributed by atoms with van der Waals surface area (Å²) in [5.41, 5.74) is 0. The van der Waals surface area contributed by atoms with Crippen LogP contribution in [0.15, 0.2) is 49.4 Å². The molecule has 0 aliphatic heterocycles. The molecule has 2 atom stereocenters. The van der Waals surface area contributed by atoms with Crippen molar-refractivity contribution in [2.45, 2.75) is 53.1 Å². The fourth-order valence-electron chi connectivity index (χ4n) is 1.56. The zero-order valence-electron chi connectivity index (χ0n) is 15.8. The predicted octanol–water partition coefficient (Wildman–Crippen LogP) is 4.61. The van der Waals surface area contributed by atoms with Gasteiger partial charge in [0, 0.05) is 12.8 Å². The minimum atomic E-state index is -0.455. The van der Waals surface area contributed by atoms with Crippen LogP contribution in [0.3, 0.4) is 0 Å². The topological polar surface area (TPSA) is 55.4 Å². The molecule has 0 saturated heterocycles. The van der Waals surface area contributed by atoms with Crippen molar-refractivity contribution in [3.63, 3.8) is 0 Å². The second-order valence-corrected chi connectivity index (χ2v) is 4.78. The highest BCUT2D eigenvalue weighted by Gasteiger charge is 2.13. The van der Waals surface area contributed by atoms with Crippen molar-refractivity contribution in [3.8, 4) is 0 Å². The van der Waals surface area contributed by atoms with E-state index in [-0.39, 0.29) is 6.79 Å². The van der Waals surface area contributed by atoms with Gasteiger partial charge in [-0.15, -0.1) is 0 Å². The Hall–Kier alpha value is -1.92. The lowest BCUT2D eigenvalue weighted by Gasteiger charge is -2.20. The van der Waals surface area contributed by atoms with E-state index in [1.165, 1.54) is 0 Å². The summed E-state index contributed by atoms with van der Waals surface area (Å²) in [6, 6.07) is 0. The maximum Gasteiger partial charge on any atom is 0.204 e. The fraction of sp³-hybridized carbons (Fsp3) is 0.579. The summed E-state index contributed by atoms with van der Waals surface area (Å²) in [6.45, 7) is 8.54. The van der Waals surface area contributed by atoms with Gasteiger partial charge in [0.1, 0.15) is 0 Å². The number of hydrogen-bond donors (Lipinski definition) is 0. The third kappa shape index (κ3) is 15.4. The van der Waals surface area contributed by atoms with Crippen LogP contribution in [0.1, 0.15) is 40.5 Å². The fourth-order valence-corrected chi connectivity index (χ4v) is 1.56. The van der Waals surface area contributed by atoms with Crippen molar-refractivity contribution in [1.82, 2.24) is 0 Å². The van der Waals surface area contributed by atoms with Crippen molar-refractivity contribution in [1.29, 1.82) is 0 Å². The number of rotatable bonds is 16. The van der Waals surface area contributed by atoms with Crippen LogP contribution in [-0.4, -0.2) is 32.6 Å². The van der Waals surface area contributed by atoms with Crippen LogP contribution in [0.25, 0.3) is 0 Å². The van der Waals surface area contributed by atoms with Crippen molar-refractivity contribution in [2.75, 3.05) is 20.0 Å². The average Bonchev–Trinajstić information content (AvgIpc) is 2.63. The average molecular weight is 356 g/mol. The van der Waals surface area contributed by atoms with Gasteiger partial charge in [-0.25, -0.2) is 0 Å². The van der Waals surface area contributed by atoms with Crippen molar-refractivity contribution >= 4 is 0 Å². The van der Waals surface area contributed by atoms with Gasteiger partial charge >= 0.3 is 0 Å². The summed E-state index contributed by atoms with van der Waals surface area (Å²) in [7, 11) is 0. The highest BCUT2D eigenvalue weighted by atomic mass is 16.8. The lowest BCUT2D eigenvalue weighted by Crippen LogP contribution is -2.23. The predicted molar refractivity (Wildman–Crippen MR) is 97.2 cm³/mol. The Balaban J connectivity index is 4.23. The molecule has 0 saturated carbocycles. The van der Waals surface area contributed by atoms with Gasteiger partial charge in [-0.3, -0.25) is 0 Å². The molecule has 0 rings (SSSR count). The first-order valence-corrected chi connectivity index (χ1v) is 8.50. The van der Waals surface area contributed by atoms with Crippen LogP contribution in [0.4, 0.5) is 0 Å². The van der Waals surface area contributed by atoms with Crippen LogP contribution in [-0.2, 0) is 28.4 Å². The minimum Gasteiger partial charge on any atom is -0.501 e. The van der Waals surface area contributed by atoms with Crippen LogP contribution >= 0.6 is 0 Å². The third-order valence-corrected chi connectivity index (χ3v) is 2.65. The highest BCUT2D eigenvalue weighted by Crippen LogP contribution is 2.07. The van der Waals surface area contributed by atoms with E-state index >= 15 is 0 Å². The molecule has 0 heterocycles. The van der Waals surface area contributed by atoms with Gasteiger partial charge in [0.15, 0.2) is 6.79 Å². The van der Waals surface area contributed by atoms with E-state index in [4.69, 9.17) is 28.4 Å². The molecule has 0 fully saturated rings. The summed E-state index contributed by atoms with van der Waals surface area (Å²) < 4.78 is 32.7. The van der Waals surface area contributed by atoms with E-state index in [1.54, 1.807) is 37.2 Å². The molecular weight excluding hydrogens is 324 g/mol. The molecule has 6 nitrogen and oxygen atoms in total. The molecule has 0 amide bonds. The molecule has 0 N–H and O–H groups in total. The van der Waals surface area contributed by atoms with Gasteiger partial charge in [-0.1, -0.05) is 24.3 Å². The SMILES string of the molecule is C/C=C/OCCC(O/C=C/C)OCOC(CCO/C=C/C)O/C=C/C. The van der Waals surface area contributed by atoms with Gasteiger partial charge in [0.2, 0.25) is 12.6 Å². The maximum absolute atomic E-state index is 5.60. The molecule has 0 aromatic carbocycles. The molecule has 0 radical (unpaired) electrons. The standard InChI is InChI=1S/C19H32O6/c1-5-11-20-15-9-18(22-13-7-3)24-17-25-19(23-14-8-4)10-16-21-12-6-2/h5-8,11-14,18-19H,9-10,15-17H2,1-4H3/b11-5+,12-6+,13-7+,14-8+. The largest absolute Gasteiger partial charge is 0.501 e. The summed E-state index contributed by atoms with van der Waals surface area (Å²) >= 11 is 0. The Kier molecular flexibility index (Phi) is 17.0. The van der Waals surface area contributed by atoms with Gasteiger partial charge in [-0.05, 0) is 27.7 Å². The van der Waals surface area contributed by atoms with E-state index < -0.39 is 12.6 Å². The molecule has 0 bridgehead atoms. The van der Waals surface area contributed by atoms with Gasteiger partial charge in [0.05, 0.1) is 38.3 Å². The lowest BCUT2D eigenvalue weighted by atomic mass is 10.4. The molecule has 0 aromatic rings. The molecule has 6 heteroatoms. The lowest BCUT2D eigenvalue weighted by molar-refractivity contribution is -0.229. The number of allylic oxidation sites excluding steroid dienone is 4. The Morgan fingerprint density at radius 2 is 1.00 bits per heavy atom. The summed E-state index contributed by atoms with van der Waals surface area (Å²) in [5.74, 6) is 0. The summed E-state index contributed by atoms with van der Waals surface area (Å²) in [4.78, 5) is 0.